The van der Waals surface area contributed by atoms with E-state index in [1.54, 1.807) is 0 Å². The number of hydrogen-bond donors (Lipinski definition) is 3. The summed E-state index contributed by atoms with van der Waals surface area (Å²) in [4.78, 5) is 38.4. The maximum atomic E-state index is 11.4. The molecule has 1 aliphatic heterocycles. The molecule has 0 spiro atoms. The molecule has 0 bridgehead atoms. The molecule has 18 heavy (non-hydrogen) atoms. The van der Waals surface area contributed by atoms with E-state index in [9.17, 15) is 14.4 Å². The molecule has 0 radical (unpaired) electrons. The first kappa shape index (κ1) is 13.9. The van der Waals surface area contributed by atoms with E-state index in [0.717, 1.165) is 4.90 Å². The van der Waals surface area contributed by atoms with Crippen LogP contribution in [-0.4, -0.2) is 52.8 Å². The predicted octanol–water partition coefficient (Wildman–Crippen LogP) is -1.71. The molecule has 0 aromatic carbocycles. The Bertz CT molecular complexity index is 389. The Morgan fingerprint density at radius 3 is 2.56 bits per heavy atom. The minimum Gasteiger partial charge on any atom is -0.480 e. The highest BCUT2D eigenvalue weighted by Crippen LogP contribution is 2.15. The fraction of sp³-hybridized carbons (Fsp3) is 0.600. The van der Waals surface area contributed by atoms with Gasteiger partial charge in [-0.3, -0.25) is 14.6 Å². The summed E-state index contributed by atoms with van der Waals surface area (Å²) in [6.45, 7) is 0.167. The number of aliphatic imine (C=N–C) groups is 1. The Morgan fingerprint density at radius 2 is 2.11 bits per heavy atom. The van der Waals surface area contributed by atoms with Gasteiger partial charge in [0.15, 0.2) is 11.7 Å². The molecule has 1 atom stereocenters. The number of amides is 1. The number of aliphatic carboxylic acids is 1. The summed E-state index contributed by atoms with van der Waals surface area (Å²) in [5, 5.41) is 9.06. The maximum absolute atomic E-state index is 11.4. The maximum Gasteiger partial charge on any atom is 0.326 e. The van der Waals surface area contributed by atoms with E-state index in [-0.39, 0.29) is 31.1 Å². The third kappa shape index (κ3) is 3.72. The molecule has 8 heteroatoms. The molecular formula is C10H16N4O4. The van der Waals surface area contributed by atoms with Crippen molar-refractivity contribution in [1.82, 2.24) is 4.90 Å². The third-order valence-corrected chi connectivity index (χ3v) is 2.61. The van der Waals surface area contributed by atoms with Crippen LogP contribution in [0, 0.1) is 0 Å². The topological polar surface area (TPSA) is 139 Å². The first-order valence-electron chi connectivity index (χ1n) is 5.51. The van der Waals surface area contributed by atoms with Gasteiger partial charge in [-0.25, -0.2) is 4.79 Å². The van der Waals surface area contributed by atoms with Gasteiger partial charge >= 0.3 is 5.97 Å². The first-order chi connectivity index (χ1) is 8.41. The number of ketones is 1. The minimum atomic E-state index is -1.12. The monoisotopic (exact) mass is 256 g/mol. The lowest BCUT2D eigenvalue weighted by atomic mass is 10.1. The SMILES string of the molecule is NC(N)=NCCCC(C(=O)O)N1CC(=O)CC1=O. The van der Waals surface area contributed by atoms with Crippen molar-refractivity contribution < 1.29 is 19.5 Å². The number of nitrogens with two attached hydrogens (primary N) is 2. The van der Waals surface area contributed by atoms with E-state index >= 15 is 0 Å². The summed E-state index contributed by atoms with van der Waals surface area (Å²) in [5.41, 5.74) is 10.3. The molecule has 1 rings (SSSR count). The molecule has 1 saturated heterocycles. The van der Waals surface area contributed by atoms with Crippen molar-refractivity contribution in [2.24, 2.45) is 16.5 Å². The smallest absolute Gasteiger partial charge is 0.326 e. The summed E-state index contributed by atoms with van der Waals surface area (Å²) in [6, 6.07) is -0.988. The van der Waals surface area contributed by atoms with Crippen LogP contribution in [0.3, 0.4) is 0 Å². The Labute approximate surface area is 104 Å². The van der Waals surface area contributed by atoms with Gasteiger partial charge in [0.1, 0.15) is 6.04 Å². The van der Waals surface area contributed by atoms with E-state index < -0.39 is 17.9 Å². The summed E-state index contributed by atoms with van der Waals surface area (Å²) in [5.74, 6) is -1.87. The van der Waals surface area contributed by atoms with Crippen molar-refractivity contribution in [2.45, 2.75) is 25.3 Å². The fourth-order valence-electron chi connectivity index (χ4n) is 1.79. The van der Waals surface area contributed by atoms with Gasteiger partial charge in [0.05, 0.1) is 13.0 Å². The standard InChI is InChI=1S/C10H16N4O4/c11-10(12)13-3-1-2-7(9(17)18)14-5-6(15)4-8(14)16/h7H,1-5H2,(H,17,18)(H4,11,12,13). The molecule has 1 heterocycles. The van der Waals surface area contributed by atoms with E-state index in [4.69, 9.17) is 16.6 Å². The van der Waals surface area contributed by atoms with Crippen molar-refractivity contribution in [3.63, 3.8) is 0 Å². The highest BCUT2D eigenvalue weighted by Gasteiger charge is 2.36. The molecular weight excluding hydrogens is 240 g/mol. The number of hydrogen-bond acceptors (Lipinski definition) is 4. The number of carboxylic acids is 1. The van der Waals surface area contributed by atoms with Gasteiger partial charge in [-0.2, -0.15) is 0 Å². The van der Waals surface area contributed by atoms with Crippen LogP contribution >= 0.6 is 0 Å². The van der Waals surface area contributed by atoms with Crippen molar-refractivity contribution >= 4 is 23.6 Å². The highest BCUT2D eigenvalue weighted by molar-refractivity contribution is 6.06. The number of likely N-dealkylation sites (tertiary alicyclic amines) is 1. The van der Waals surface area contributed by atoms with Gasteiger partial charge in [-0.1, -0.05) is 0 Å². The normalized spacial score (nSPS) is 16.8. The van der Waals surface area contributed by atoms with Gasteiger partial charge in [-0.15, -0.1) is 0 Å². The van der Waals surface area contributed by atoms with E-state index in [1.165, 1.54) is 0 Å². The van der Waals surface area contributed by atoms with Gasteiger partial charge in [0.25, 0.3) is 0 Å². The average Bonchev–Trinajstić information content (AvgIpc) is 2.56. The van der Waals surface area contributed by atoms with E-state index in [2.05, 4.69) is 4.99 Å². The zero-order chi connectivity index (χ0) is 13.7. The van der Waals surface area contributed by atoms with Crippen molar-refractivity contribution in [3.05, 3.63) is 0 Å². The predicted molar refractivity (Wildman–Crippen MR) is 62.7 cm³/mol. The van der Waals surface area contributed by atoms with Crippen LogP contribution in [0.15, 0.2) is 4.99 Å². The quantitative estimate of drug-likeness (QED) is 0.224. The van der Waals surface area contributed by atoms with Crippen LogP contribution in [0.5, 0.6) is 0 Å². The molecule has 5 N–H and O–H groups in total. The van der Waals surface area contributed by atoms with Crippen molar-refractivity contribution in [1.29, 1.82) is 0 Å². The number of rotatable bonds is 6. The molecule has 1 unspecified atom stereocenters. The fourth-order valence-corrected chi connectivity index (χ4v) is 1.79. The number of guanidine groups is 1. The van der Waals surface area contributed by atoms with Crippen LogP contribution in [0.25, 0.3) is 0 Å². The van der Waals surface area contributed by atoms with Crippen LogP contribution in [0.4, 0.5) is 0 Å². The molecule has 0 aromatic heterocycles. The number of Topliss-reactive ketones (excluding diaryl/α,β-unsaturated/α-hetero) is 1. The van der Waals surface area contributed by atoms with Gasteiger partial charge in [-0.05, 0) is 12.8 Å². The van der Waals surface area contributed by atoms with E-state index in [1.807, 2.05) is 0 Å². The largest absolute Gasteiger partial charge is 0.480 e. The van der Waals surface area contributed by atoms with Gasteiger partial charge in [0, 0.05) is 6.54 Å². The van der Waals surface area contributed by atoms with Crippen molar-refractivity contribution in [3.8, 4) is 0 Å². The Kier molecular flexibility index (Phi) is 4.64. The van der Waals surface area contributed by atoms with Crippen LogP contribution < -0.4 is 11.5 Å². The zero-order valence-electron chi connectivity index (χ0n) is 9.83. The Hall–Kier alpha value is -2.12. The lowest BCUT2D eigenvalue weighted by molar-refractivity contribution is -0.148. The molecule has 0 aliphatic carbocycles. The molecule has 1 amide bonds. The Balaban J connectivity index is 2.55. The molecule has 0 saturated carbocycles. The van der Waals surface area contributed by atoms with Crippen molar-refractivity contribution in [2.75, 3.05) is 13.1 Å². The number of nitrogens with zero attached hydrogens (tertiary/aromatic N) is 2. The molecule has 8 nitrogen and oxygen atoms in total. The van der Waals surface area contributed by atoms with Crippen LogP contribution in [-0.2, 0) is 14.4 Å². The molecule has 100 valence electrons. The summed E-state index contributed by atoms with van der Waals surface area (Å²) >= 11 is 0. The highest BCUT2D eigenvalue weighted by atomic mass is 16.4. The van der Waals surface area contributed by atoms with Crippen LogP contribution in [0.1, 0.15) is 19.3 Å². The molecule has 0 aromatic rings. The van der Waals surface area contributed by atoms with Crippen LogP contribution in [0.2, 0.25) is 0 Å². The van der Waals surface area contributed by atoms with E-state index in [0.29, 0.717) is 13.0 Å². The number of carbonyl (C=O) groups excluding carboxylic acids is 2. The van der Waals surface area contributed by atoms with Gasteiger partial charge < -0.3 is 21.5 Å². The summed E-state index contributed by atoms with van der Waals surface area (Å²) < 4.78 is 0. The second-order valence-corrected chi connectivity index (χ2v) is 4.04. The lowest BCUT2D eigenvalue weighted by Crippen LogP contribution is -2.42. The average molecular weight is 256 g/mol. The Morgan fingerprint density at radius 1 is 1.44 bits per heavy atom. The minimum absolute atomic E-state index is 0.0608. The second kappa shape index (κ2) is 5.99. The summed E-state index contributed by atoms with van der Waals surface area (Å²) in [6.07, 6.45) is 0.426. The zero-order valence-corrected chi connectivity index (χ0v) is 9.83. The third-order valence-electron chi connectivity index (χ3n) is 2.61. The lowest BCUT2D eigenvalue weighted by Gasteiger charge is -2.23. The number of carbonyl (C=O) groups is 3. The van der Waals surface area contributed by atoms with Gasteiger partial charge in [0.2, 0.25) is 5.91 Å². The second-order valence-electron chi connectivity index (χ2n) is 4.04. The first-order valence-corrected chi connectivity index (χ1v) is 5.51. The number of carboxylic acid groups (broad SMARTS) is 1. The molecule has 1 aliphatic rings. The molecule has 1 fully saturated rings. The summed E-state index contributed by atoms with van der Waals surface area (Å²) in [7, 11) is 0.